The van der Waals surface area contributed by atoms with Crippen LogP contribution in [0.4, 0.5) is 5.69 Å². The molecule has 1 heterocycles. The van der Waals surface area contributed by atoms with Gasteiger partial charge in [-0.05, 0) is 110 Å². The third-order valence-electron chi connectivity index (χ3n) is 7.63. The topological polar surface area (TPSA) is 120 Å². The van der Waals surface area contributed by atoms with Crippen molar-refractivity contribution >= 4 is 40.6 Å². The summed E-state index contributed by atoms with van der Waals surface area (Å²) in [7, 11) is 1.46. The van der Waals surface area contributed by atoms with Crippen molar-refractivity contribution in [1.82, 2.24) is 5.32 Å². The number of methoxy groups -OCH3 is 1. The Bertz CT molecular complexity index is 1700. The molecule has 2 amide bonds. The Morgan fingerprint density at radius 3 is 2.17 bits per heavy atom. The van der Waals surface area contributed by atoms with Crippen molar-refractivity contribution in [1.29, 1.82) is 0 Å². The smallest absolute Gasteiger partial charge is 0.343 e. The zero-order chi connectivity index (χ0) is 34.5. The summed E-state index contributed by atoms with van der Waals surface area (Å²) < 4.78 is 16.9. The maximum absolute atomic E-state index is 13.0. The average molecular weight is 671 g/mol. The molecule has 0 aliphatic carbocycles. The van der Waals surface area contributed by atoms with Crippen molar-refractivity contribution in [3.63, 3.8) is 0 Å². The lowest BCUT2D eigenvalue weighted by atomic mass is 10.0. The van der Waals surface area contributed by atoms with E-state index in [-0.39, 0.29) is 23.9 Å². The van der Waals surface area contributed by atoms with Gasteiger partial charge in [0.25, 0.3) is 11.8 Å². The summed E-state index contributed by atoms with van der Waals surface area (Å²) in [6, 6.07) is 19.3. The normalized spacial score (nSPS) is 11.3. The third-order valence-corrected chi connectivity index (χ3v) is 8.68. The Hall–Kier alpha value is -4.96. The second kappa shape index (κ2) is 17.8. The summed E-state index contributed by atoms with van der Waals surface area (Å²) in [5.74, 6) is -0.188. The lowest BCUT2D eigenvalue weighted by Crippen LogP contribution is -2.41. The molecule has 0 bridgehead atoms. The van der Waals surface area contributed by atoms with Crippen LogP contribution < -0.4 is 24.8 Å². The number of carbonyl (C=O) groups excluding carboxylic acids is 4. The molecule has 252 valence electrons. The number of hydrogen-bond acceptors (Lipinski definition) is 8. The number of Topliss-reactive ketones (excluding diaryl/α,β-unsaturated/α-hetero) is 1. The predicted molar refractivity (Wildman–Crippen MR) is 188 cm³/mol. The van der Waals surface area contributed by atoms with E-state index in [0.717, 1.165) is 18.4 Å². The van der Waals surface area contributed by atoms with Gasteiger partial charge in [0.05, 0.1) is 30.2 Å². The van der Waals surface area contributed by atoms with Gasteiger partial charge in [-0.15, -0.1) is 11.3 Å². The molecule has 4 aromatic rings. The molecule has 10 heteroatoms. The molecule has 3 aromatic carbocycles. The average Bonchev–Trinajstić information content (AvgIpc) is 3.53. The van der Waals surface area contributed by atoms with Crippen molar-refractivity contribution < 1.29 is 33.4 Å². The van der Waals surface area contributed by atoms with Crippen LogP contribution in [0.25, 0.3) is 0 Å². The van der Waals surface area contributed by atoms with E-state index in [1.807, 2.05) is 18.4 Å². The summed E-state index contributed by atoms with van der Waals surface area (Å²) in [5.41, 5.74) is 2.97. The van der Waals surface area contributed by atoms with Gasteiger partial charge in [0, 0.05) is 11.3 Å². The molecule has 0 saturated carbocycles. The van der Waals surface area contributed by atoms with Crippen LogP contribution in [0, 0.1) is 6.92 Å². The van der Waals surface area contributed by atoms with Crippen molar-refractivity contribution in [2.75, 3.05) is 19.0 Å². The van der Waals surface area contributed by atoms with Crippen LogP contribution in [0.2, 0.25) is 0 Å². The molecule has 1 unspecified atom stereocenters. The fourth-order valence-corrected chi connectivity index (χ4v) is 5.68. The first-order valence-electron chi connectivity index (χ1n) is 16.1. The van der Waals surface area contributed by atoms with Gasteiger partial charge in [-0.1, -0.05) is 38.7 Å². The standard InChI is InChI=1S/C38H42N2O7S/c1-5-6-7-8-9-20-46-31-17-13-29(14-18-31)38(44)47-33-19-10-27(23-34(33)45-4)22-32(26(3)41)40-36(42)28-11-15-30(16-12-28)39-37(43)35-21-25(2)24-48-35/h10-19,21,23-24,32H,5-9,20,22H2,1-4H3,(H,39,43)(H,40,42). The number of nitrogens with one attached hydrogen (secondary N) is 2. The maximum atomic E-state index is 13.0. The Labute approximate surface area is 285 Å². The van der Waals surface area contributed by atoms with Crippen molar-refractivity contribution in [2.24, 2.45) is 0 Å². The minimum atomic E-state index is -0.811. The molecule has 48 heavy (non-hydrogen) atoms. The molecule has 0 aliphatic heterocycles. The number of ether oxygens (including phenoxy) is 3. The highest BCUT2D eigenvalue weighted by molar-refractivity contribution is 7.12. The molecule has 0 radical (unpaired) electrons. The number of esters is 1. The zero-order valence-corrected chi connectivity index (χ0v) is 28.6. The van der Waals surface area contributed by atoms with E-state index in [9.17, 15) is 19.2 Å². The van der Waals surface area contributed by atoms with Crippen LogP contribution in [0.1, 0.15) is 87.5 Å². The predicted octanol–water partition coefficient (Wildman–Crippen LogP) is 7.82. The van der Waals surface area contributed by atoms with E-state index in [2.05, 4.69) is 17.6 Å². The summed E-state index contributed by atoms with van der Waals surface area (Å²) in [6.07, 6.45) is 5.97. The Balaban J connectivity index is 1.32. The highest BCUT2D eigenvalue weighted by Gasteiger charge is 2.21. The molecule has 0 spiro atoms. The molecule has 0 fully saturated rings. The van der Waals surface area contributed by atoms with Crippen LogP contribution in [0.5, 0.6) is 17.2 Å². The first-order valence-corrected chi connectivity index (χ1v) is 16.9. The van der Waals surface area contributed by atoms with Gasteiger partial charge in [0.2, 0.25) is 0 Å². The second-order valence-corrected chi connectivity index (χ2v) is 12.4. The van der Waals surface area contributed by atoms with Gasteiger partial charge in [-0.2, -0.15) is 0 Å². The fourth-order valence-electron chi connectivity index (χ4n) is 4.89. The number of hydrogen-bond donors (Lipinski definition) is 2. The van der Waals surface area contributed by atoms with E-state index in [1.165, 1.54) is 44.6 Å². The first kappa shape index (κ1) is 35.9. The fraction of sp³-hybridized carbons (Fsp3) is 0.316. The molecule has 2 N–H and O–H groups in total. The van der Waals surface area contributed by atoms with Gasteiger partial charge in [-0.25, -0.2) is 4.79 Å². The quantitative estimate of drug-likeness (QED) is 0.0668. The van der Waals surface area contributed by atoms with E-state index in [4.69, 9.17) is 14.2 Å². The van der Waals surface area contributed by atoms with Crippen LogP contribution in [0.3, 0.4) is 0 Å². The largest absolute Gasteiger partial charge is 0.494 e. The molecular weight excluding hydrogens is 628 g/mol. The highest BCUT2D eigenvalue weighted by atomic mass is 32.1. The molecule has 9 nitrogen and oxygen atoms in total. The number of amides is 2. The Kier molecular flexibility index (Phi) is 13.3. The lowest BCUT2D eigenvalue weighted by Gasteiger charge is -2.17. The van der Waals surface area contributed by atoms with Crippen LogP contribution in [0.15, 0.2) is 78.2 Å². The van der Waals surface area contributed by atoms with Crippen LogP contribution in [-0.4, -0.2) is 43.3 Å². The van der Waals surface area contributed by atoms with Gasteiger partial charge in [0.1, 0.15) is 5.75 Å². The van der Waals surface area contributed by atoms with Crippen LogP contribution in [-0.2, 0) is 11.2 Å². The number of carbonyl (C=O) groups is 4. The van der Waals surface area contributed by atoms with Gasteiger partial charge >= 0.3 is 5.97 Å². The molecule has 1 atom stereocenters. The first-order chi connectivity index (χ1) is 23.2. The van der Waals surface area contributed by atoms with E-state index < -0.39 is 17.9 Å². The summed E-state index contributed by atoms with van der Waals surface area (Å²) >= 11 is 1.36. The molecule has 4 rings (SSSR count). The third kappa shape index (κ3) is 10.5. The summed E-state index contributed by atoms with van der Waals surface area (Å²) in [5, 5.41) is 7.52. The number of benzene rings is 3. The summed E-state index contributed by atoms with van der Waals surface area (Å²) in [6.45, 7) is 6.15. The minimum Gasteiger partial charge on any atom is -0.494 e. The minimum absolute atomic E-state index is 0.195. The zero-order valence-electron chi connectivity index (χ0n) is 27.8. The lowest BCUT2D eigenvalue weighted by molar-refractivity contribution is -0.118. The number of anilines is 1. The molecule has 1 aromatic heterocycles. The van der Waals surface area contributed by atoms with E-state index in [1.54, 1.807) is 66.7 Å². The number of ketones is 1. The summed E-state index contributed by atoms with van der Waals surface area (Å²) in [4.78, 5) is 51.4. The Morgan fingerprint density at radius 2 is 1.52 bits per heavy atom. The number of rotatable bonds is 17. The highest BCUT2D eigenvalue weighted by Crippen LogP contribution is 2.30. The van der Waals surface area contributed by atoms with E-state index >= 15 is 0 Å². The van der Waals surface area contributed by atoms with E-state index in [0.29, 0.717) is 45.4 Å². The van der Waals surface area contributed by atoms with Crippen molar-refractivity contribution in [3.8, 4) is 17.2 Å². The second-order valence-electron chi connectivity index (χ2n) is 11.5. The molecule has 0 aliphatic rings. The number of thiophene rings is 1. The monoisotopic (exact) mass is 670 g/mol. The SMILES string of the molecule is CCCCCCCOc1ccc(C(=O)Oc2ccc(CC(NC(=O)c3ccc(NC(=O)c4cc(C)cs4)cc3)C(C)=O)cc2OC)cc1. The number of unbranched alkanes of at least 4 members (excludes halogenated alkanes) is 4. The number of aryl methyl sites for hydroxylation is 1. The molecular formula is C38H42N2O7S. The van der Waals surface area contributed by atoms with Gasteiger partial charge < -0.3 is 24.8 Å². The van der Waals surface area contributed by atoms with Crippen molar-refractivity contribution in [2.45, 2.75) is 65.3 Å². The van der Waals surface area contributed by atoms with Gasteiger partial charge in [0.15, 0.2) is 17.3 Å². The van der Waals surface area contributed by atoms with Crippen molar-refractivity contribution in [3.05, 3.63) is 105 Å². The maximum Gasteiger partial charge on any atom is 0.343 e. The van der Waals surface area contributed by atoms with Gasteiger partial charge in [-0.3, -0.25) is 14.4 Å². The van der Waals surface area contributed by atoms with Crippen LogP contribution >= 0.6 is 11.3 Å². The molecule has 0 saturated heterocycles. The Morgan fingerprint density at radius 1 is 0.812 bits per heavy atom.